The van der Waals surface area contributed by atoms with Gasteiger partial charge in [0.05, 0.1) is 13.7 Å². The molecule has 3 rings (SSSR count). The highest BCUT2D eigenvalue weighted by Crippen LogP contribution is 2.23. The van der Waals surface area contributed by atoms with E-state index in [1.54, 1.807) is 13.2 Å². The monoisotopic (exact) mass is 356 g/mol. The van der Waals surface area contributed by atoms with Gasteiger partial charge in [-0.3, -0.25) is 4.79 Å². The number of nitrogens with two attached hydrogens (primary N) is 1. The summed E-state index contributed by atoms with van der Waals surface area (Å²) in [6.45, 7) is 0.643. The van der Waals surface area contributed by atoms with Gasteiger partial charge in [0, 0.05) is 23.6 Å². The second kappa shape index (κ2) is 7.64. The van der Waals surface area contributed by atoms with E-state index in [1.165, 1.54) is 6.07 Å². The second-order valence-electron chi connectivity index (χ2n) is 5.72. The van der Waals surface area contributed by atoms with Gasteiger partial charge in [-0.15, -0.1) is 0 Å². The lowest BCUT2D eigenvalue weighted by Crippen LogP contribution is -2.36. The summed E-state index contributed by atoms with van der Waals surface area (Å²) in [6.07, 6.45) is 2.60. The number of fused-ring (bicyclic) bond motifs is 1. The van der Waals surface area contributed by atoms with Crippen molar-refractivity contribution in [3.05, 3.63) is 53.6 Å². The van der Waals surface area contributed by atoms with Gasteiger partial charge in [0.2, 0.25) is 0 Å². The molecular formula is C18H20N4O4. The van der Waals surface area contributed by atoms with E-state index in [2.05, 4.69) is 15.6 Å². The van der Waals surface area contributed by atoms with Crippen molar-refractivity contribution in [2.75, 3.05) is 13.7 Å². The largest absolute Gasteiger partial charge is 0.497 e. The van der Waals surface area contributed by atoms with Crippen molar-refractivity contribution < 1.29 is 18.7 Å². The number of ether oxygens (including phenoxy) is 1. The Morgan fingerprint density at radius 3 is 2.81 bits per heavy atom. The van der Waals surface area contributed by atoms with E-state index in [0.29, 0.717) is 18.7 Å². The van der Waals surface area contributed by atoms with Crippen LogP contribution in [0.2, 0.25) is 0 Å². The van der Waals surface area contributed by atoms with Crippen LogP contribution in [-0.2, 0) is 13.0 Å². The van der Waals surface area contributed by atoms with Gasteiger partial charge < -0.3 is 30.5 Å². The summed E-state index contributed by atoms with van der Waals surface area (Å²) in [4.78, 5) is 26.0. The normalized spacial score (nSPS) is 10.7. The maximum absolute atomic E-state index is 11.9. The van der Waals surface area contributed by atoms with E-state index < -0.39 is 5.91 Å². The lowest BCUT2D eigenvalue weighted by molar-refractivity contribution is 0.0972. The summed E-state index contributed by atoms with van der Waals surface area (Å²) in [7, 11) is 1.63. The Hall–Kier alpha value is -3.42. The van der Waals surface area contributed by atoms with Crippen molar-refractivity contribution in [2.45, 2.75) is 13.0 Å². The molecule has 0 unspecified atom stereocenters. The van der Waals surface area contributed by atoms with Gasteiger partial charge in [-0.05, 0) is 42.3 Å². The highest BCUT2D eigenvalue weighted by atomic mass is 16.5. The fourth-order valence-electron chi connectivity index (χ4n) is 2.64. The molecule has 3 aromatic rings. The van der Waals surface area contributed by atoms with Crippen LogP contribution >= 0.6 is 0 Å². The lowest BCUT2D eigenvalue weighted by atomic mass is 10.1. The molecule has 8 heteroatoms. The third kappa shape index (κ3) is 3.97. The number of H-pyrrole nitrogens is 1. The zero-order chi connectivity index (χ0) is 18.5. The van der Waals surface area contributed by atoms with Crippen LogP contribution in [0.1, 0.15) is 21.9 Å². The molecule has 0 saturated heterocycles. The van der Waals surface area contributed by atoms with Crippen LogP contribution in [-0.4, -0.2) is 30.6 Å². The first-order valence-corrected chi connectivity index (χ1v) is 8.11. The Kier molecular flexibility index (Phi) is 5.12. The summed E-state index contributed by atoms with van der Waals surface area (Å²) >= 11 is 0. The molecular weight excluding hydrogens is 336 g/mol. The minimum absolute atomic E-state index is 0.0666. The van der Waals surface area contributed by atoms with Crippen LogP contribution < -0.4 is 21.1 Å². The molecule has 0 aliphatic heterocycles. The standard InChI is InChI=1S/C18H20N4O4/c1-25-12-2-4-15-14(8-12)11(9-21-15)6-7-20-18(24)22-10-13-3-5-16(26-13)17(19)23/h2-5,8-9,21H,6-7,10H2,1H3,(H2,19,23)(H2,20,22,24). The molecule has 0 spiro atoms. The average molecular weight is 356 g/mol. The first-order valence-electron chi connectivity index (χ1n) is 8.11. The molecule has 8 nitrogen and oxygen atoms in total. The Labute approximate surface area is 149 Å². The maximum atomic E-state index is 11.9. The molecule has 2 heterocycles. The molecule has 0 aliphatic rings. The van der Waals surface area contributed by atoms with E-state index in [4.69, 9.17) is 14.9 Å². The molecule has 26 heavy (non-hydrogen) atoms. The fraction of sp³-hybridized carbons (Fsp3) is 0.222. The molecule has 1 aromatic carbocycles. The number of hydrogen-bond acceptors (Lipinski definition) is 4. The third-order valence-corrected chi connectivity index (χ3v) is 3.98. The summed E-state index contributed by atoms with van der Waals surface area (Å²) < 4.78 is 10.4. The Bertz CT molecular complexity index is 928. The number of carbonyl (C=O) groups excluding carboxylic acids is 2. The van der Waals surface area contributed by atoms with Gasteiger partial charge in [0.25, 0.3) is 5.91 Å². The minimum Gasteiger partial charge on any atom is -0.497 e. The van der Waals surface area contributed by atoms with Crippen LogP contribution in [0.15, 0.2) is 40.9 Å². The van der Waals surface area contributed by atoms with Crippen molar-refractivity contribution in [3.63, 3.8) is 0 Å². The molecule has 0 atom stereocenters. The molecule has 3 amide bonds. The van der Waals surface area contributed by atoms with Gasteiger partial charge >= 0.3 is 6.03 Å². The van der Waals surface area contributed by atoms with Gasteiger partial charge in [-0.25, -0.2) is 4.79 Å². The predicted octanol–water partition coefficient (Wildman–Crippen LogP) is 1.91. The average Bonchev–Trinajstić information content (AvgIpc) is 3.27. The highest BCUT2D eigenvalue weighted by Gasteiger charge is 2.09. The Morgan fingerprint density at radius 1 is 1.23 bits per heavy atom. The summed E-state index contributed by atoms with van der Waals surface area (Å²) in [5.74, 6) is 0.670. The number of hydrogen-bond donors (Lipinski definition) is 4. The quantitative estimate of drug-likeness (QED) is 0.516. The van der Waals surface area contributed by atoms with Crippen molar-refractivity contribution >= 4 is 22.8 Å². The summed E-state index contributed by atoms with van der Waals surface area (Å²) in [5, 5.41) is 6.52. The van der Waals surface area contributed by atoms with Crippen molar-refractivity contribution in [3.8, 4) is 5.75 Å². The van der Waals surface area contributed by atoms with E-state index in [0.717, 1.165) is 22.2 Å². The van der Waals surface area contributed by atoms with Crippen molar-refractivity contribution in [1.29, 1.82) is 0 Å². The molecule has 0 fully saturated rings. The van der Waals surface area contributed by atoms with E-state index in [9.17, 15) is 9.59 Å². The van der Waals surface area contributed by atoms with Gasteiger partial charge in [0.15, 0.2) is 5.76 Å². The zero-order valence-corrected chi connectivity index (χ0v) is 14.3. The zero-order valence-electron chi connectivity index (χ0n) is 14.3. The van der Waals surface area contributed by atoms with E-state index >= 15 is 0 Å². The number of methoxy groups -OCH3 is 1. The number of aromatic amines is 1. The van der Waals surface area contributed by atoms with Gasteiger partial charge in [-0.1, -0.05) is 0 Å². The fourth-order valence-corrected chi connectivity index (χ4v) is 2.64. The van der Waals surface area contributed by atoms with E-state index in [-0.39, 0.29) is 18.3 Å². The first-order chi connectivity index (χ1) is 12.6. The maximum Gasteiger partial charge on any atom is 0.315 e. The topological polar surface area (TPSA) is 122 Å². The Morgan fingerprint density at radius 2 is 2.08 bits per heavy atom. The lowest BCUT2D eigenvalue weighted by Gasteiger charge is -2.06. The van der Waals surface area contributed by atoms with Gasteiger partial charge in [0.1, 0.15) is 11.5 Å². The van der Waals surface area contributed by atoms with E-state index in [1.807, 2.05) is 24.4 Å². The third-order valence-electron chi connectivity index (χ3n) is 3.98. The minimum atomic E-state index is -0.643. The number of nitrogens with one attached hydrogen (secondary N) is 3. The molecule has 5 N–H and O–H groups in total. The molecule has 0 radical (unpaired) electrons. The van der Waals surface area contributed by atoms with Crippen LogP contribution in [0, 0.1) is 0 Å². The molecule has 0 bridgehead atoms. The number of rotatable bonds is 7. The van der Waals surface area contributed by atoms with Crippen LogP contribution in [0.4, 0.5) is 4.79 Å². The smallest absolute Gasteiger partial charge is 0.315 e. The molecule has 2 aromatic heterocycles. The molecule has 0 saturated carbocycles. The van der Waals surface area contributed by atoms with Crippen LogP contribution in [0.3, 0.4) is 0 Å². The summed E-state index contributed by atoms with van der Waals surface area (Å²) in [5.41, 5.74) is 7.23. The highest BCUT2D eigenvalue weighted by molar-refractivity contribution is 5.89. The molecule has 0 aliphatic carbocycles. The SMILES string of the molecule is COc1ccc2[nH]cc(CCNC(=O)NCc3ccc(C(N)=O)o3)c2c1. The number of furan rings is 1. The number of urea groups is 1. The first kappa shape index (κ1) is 17.4. The number of benzene rings is 1. The number of primary amides is 1. The predicted molar refractivity (Wildman–Crippen MR) is 96.0 cm³/mol. The van der Waals surface area contributed by atoms with Crippen molar-refractivity contribution in [2.24, 2.45) is 5.73 Å². The number of amides is 3. The van der Waals surface area contributed by atoms with Crippen molar-refractivity contribution in [1.82, 2.24) is 15.6 Å². The number of carbonyl (C=O) groups is 2. The number of aromatic nitrogens is 1. The van der Waals surface area contributed by atoms with Crippen LogP contribution in [0.25, 0.3) is 10.9 Å². The van der Waals surface area contributed by atoms with Crippen LogP contribution in [0.5, 0.6) is 5.75 Å². The summed E-state index contributed by atoms with van der Waals surface area (Å²) in [6, 6.07) is 8.57. The second-order valence-corrected chi connectivity index (χ2v) is 5.72. The Balaban J connectivity index is 1.48. The molecule has 136 valence electrons. The van der Waals surface area contributed by atoms with Gasteiger partial charge in [-0.2, -0.15) is 0 Å².